The smallest absolute Gasteiger partial charge is 0.315 e. The van der Waals surface area contributed by atoms with Crippen molar-refractivity contribution in [1.82, 2.24) is 10.6 Å². The minimum Gasteiger partial charge on any atom is -0.481 e. The molecule has 0 bridgehead atoms. The highest BCUT2D eigenvalue weighted by atomic mass is 16.4. The summed E-state index contributed by atoms with van der Waals surface area (Å²) >= 11 is 0. The van der Waals surface area contributed by atoms with Crippen LogP contribution in [0.5, 0.6) is 0 Å². The molecular formula is C14H26N2O3. The molecular weight excluding hydrogens is 244 g/mol. The van der Waals surface area contributed by atoms with Crippen LogP contribution >= 0.6 is 0 Å². The van der Waals surface area contributed by atoms with E-state index in [0.717, 1.165) is 38.5 Å². The highest BCUT2D eigenvalue weighted by Gasteiger charge is 2.37. The van der Waals surface area contributed by atoms with E-state index < -0.39 is 11.5 Å². The molecule has 0 radical (unpaired) electrons. The molecule has 5 nitrogen and oxygen atoms in total. The molecule has 0 aromatic rings. The molecule has 1 fully saturated rings. The summed E-state index contributed by atoms with van der Waals surface area (Å²) in [5.41, 5.74) is -0.534. The maximum Gasteiger partial charge on any atom is 0.315 e. The number of hydrogen-bond acceptors (Lipinski definition) is 2. The van der Waals surface area contributed by atoms with Gasteiger partial charge in [-0.25, -0.2) is 4.79 Å². The lowest BCUT2D eigenvalue weighted by Gasteiger charge is -2.28. The van der Waals surface area contributed by atoms with Gasteiger partial charge in [-0.3, -0.25) is 4.79 Å². The molecule has 1 aliphatic carbocycles. The van der Waals surface area contributed by atoms with Crippen LogP contribution in [0.15, 0.2) is 0 Å². The first-order valence-corrected chi connectivity index (χ1v) is 7.21. The third-order valence-corrected chi connectivity index (χ3v) is 3.67. The SMILES string of the molecule is CC(C)CCCNC(=O)NC1(CC(=O)O)CCCC1. The predicted octanol–water partition coefficient (Wildman–Crippen LogP) is 2.51. The Bertz CT molecular complexity index is 310. The third-order valence-electron chi connectivity index (χ3n) is 3.67. The summed E-state index contributed by atoms with van der Waals surface area (Å²) in [6.07, 6.45) is 5.56. The number of carboxylic acid groups (broad SMARTS) is 1. The van der Waals surface area contributed by atoms with Crippen LogP contribution in [0, 0.1) is 5.92 Å². The molecule has 110 valence electrons. The number of carbonyl (C=O) groups excluding carboxylic acids is 1. The average molecular weight is 270 g/mol. The molecule has 0 aromatic carbocycles. The zero-order chi connectivity index (χ0) is 14.3. The Labute approximate surface area is 115 Å². The molecule has 0 saturated heterocycles. The summed E-state index contributed by atoms with van der Waals surface area (Å²) in [6.45, 7) is 4.95. The molecule has 0 unspecified atom stereocenters. The van der Waals surface area contributed by atoms with E-state index in [-0.39, 0.29) is 12.5 Å². The minimum atomic E-state index is -0.845. The number of carbonyl (C=O) groups is 2. The second-order valence-electron chi connectivity index (χ2n) is 5.97. The number of rotatable bonds is 7. The average Bonchev–Trinajstić information content (AvgIpc) is 2.71. The Morgan fingerprint density at radius 2 is 1.89 bits per heavy atom. The third kappa shape index (κ3) is 5.94. The van der Waals surface area contributed by atoms with E-state index >= 15 is 0 Å². The topological polar surface area (TPSA) is 78.4 Å². The van der Waals surface area contributed by atoms with Gasteiger partial charge in [-0.2, -0.15) is 0 Å². The maximum atomic E-state index is 11.8. The van der Waals surface area contributed by atoms with Gasteiger partial charge in [0.05, 0.1) is 12.0 Å². The van der Waals surface area contributed by atoms with Gasteiger partial charge in [0.1, 0.15) is 0 Å². The standard InChI is InChI=1S/C14H26N2O3/c1-11(2)6-5-9-15-13(19)16-14(10-12(17)18)7-3-4-8-14/h11H,3-10H2,1-2H3,(H,17,18)(H2,15,16,19). The summed E-state index contributed by atoms with van der Waals surface area (Å²) in [5.74, 6) is -0.208. The van der Waals surface area contributed by atoms with Crippen LogP contribution < -0.4 is 10.6 Å². The first kappa shape index (κ1) is 15.8. The van der Waals surface area contributed by atoms with Crippen LogP contribution in [0.2, 0.25) is 0 Å². The molecule has 19 heavy (non-hydrogen) atoms. The van der Waals surface area contributed by atoms with Gasteiger partial charge in [0.25, 0.3) is 0 Å². The van der Waals surface area contributed by atoms with Crippen molar-refractivity contribution in [2.24, 2.45) is 5.92 Å². The van der Waals surface area contributed by atoms with Crippen molar-refractivity contribution in [2.45, 2.75) is 64.3 Å². The molecule has 0 spiro atoms. The van der Waals surface area contributed by atoms with E-state index in [1.165, 1.54) is 0 Å². The van der Waals surface area contributed by atoms with Gasteiger partial charge in [-0.15, -0.1) is 0 Å². The molecule has 1 saturated carbocycles. The summed E-state index contributed by atoms with van der Waals surface area (Å²) in [4.78, 5) is 22.7. The fourth-order valence-electron chi connectivity index (χ4n) is 2.68. The van der Waals surface area contributed by atoms with E-state index in [1.54, 1.807) is 0 Å². The lowest BCUT2D eigenvalue weighted by Crippen LogP contribution is -2.51. The Balaban J connectivity index is 2.33. The lowest BCUT2D eigenvalue weighted by atomic mass is 9.93. The zero-order valence-electron chi connectivity index (χ0n) is 12.0. The Morgan fingerprint density at radius 1 is 1.26 bits per heavy atom. The van der Waals surface area contributed by atoms with Crippen molar-refractivity contribution in [1.29, 1.82) is 0 Å². The molecule has 0 aromatic heterocycles. The minimum absolute atomic E-state index is 0.0203. The number of amides is 2. The number of urea groups is 1. The first-order valence-electron chi connectivity index (χ1n) is 7.21. The fraction of sp³-hybridized carbons (Fsp3) is 0.857. The monoisotopic (exact) mass is 270 g/mol. The van der Waals surface area contributed by atoms with Gasteiger partial charge in [0.15, 0.2) is 0 Å². The number of aliphatic carboxylic acids is 1. The van der Waals surface area contributed by atoms with Gasteiger partial charge < -0.3 is 15.7 Å². The highest BCUT2D eigenvalue weighted by molar-refractivity contribution is 5.76. The quantitative estimate of drug-likeness (QED) is 0.622. The predicted molar refractivity (Wildman–Crippen MR) is 74.1 cm³/mol. The van der Waals surface area contributed by atoms with Crippen molar-refractivity contribution in [3.8, 4) is 0 Å². The Hall–Kier alpha value is -1.26. The van der Waals surface area contributed by atoms with E-state index in [1.807, 2.05) is 0 Å². The molecule has 5 heteroatoms. The van der Waals surface area contributed by atoms with Crippen molar-refractivity contribution >= 4 is 12.0 Å². The lowest BCUT2D eigenvalue weighted by molar-refractivity contribution is -0.138. The van der Waals surface area contributed by atoms with Crippen molar-refractivity contribution in [3.05, 3.63) is 0 Å². The van der Waals surface area contributed by atoms with Gasteiger partial charge >= 0.3 is 12.0 Å². The second kappa shape index (κ2) is 7.36. The van der Waals surface area contributed by atoms with Crippen LogP contribution in [0.3, 0.4) is 0 Å². The van der Waals surface area contributed by atoms with E-state index in [4.69, 9.17) is 5.11 Å². The summed E-state index contributed by atoms with van der Waals surface area (Å²) < 4.78 is 0. The Kier molecular flexibility index (Phi) is 6.12. The van der Waals surface area contributed by atoms with Crippen LogP contribution in [-0.2, 0) is 4.79 Å². The number of carboxylic acids is 1. The maximum absolute atomic E-state index is 11.8. The summed E-state index contributed by atoms with van der Waals surface area (Å²) in [5, 5.41) is 14.7. The van der Waals surface area contributed by atoms with Crippen LogP contribution in [0.25, 0.3) is 0 Å². The van der Waals surface area contributed by atoms with Crippen LogP contribution in [0.1, 0.15) is 58.8 Å². The molecule has 0 atom stereocenters. The molecule has 2 amide bonds. The number of hydrogen-bond donors (Lipinski definition) is 3. The molecule has 0 aliphatic heterocycles. The summed E-state index contributed by atoms with van der Waals surface area (Å²) in [6, 6.07) is -0.230. The Morgan fingerprint density at radius 3 is 2.42 bits per heavy atom. The van der Waals surface area contributed by atoms with Crippen molar-refractivity contribution in [3.63, 3.8) is 0 Å². The number of nitrogens with one attached hydrogen (secondary N) is 2. The van der Waals surface area contributed by atoms with Crippen molar-refractivity contribution in [2.75, 3.05) is 6.54 Å². The van der Waals surface area contributed by atoms with Gasteiger partial charge in [-0.05, 0) is 31.6 Å². The second-order valence-corrected chi connectivity index (χ2v) is 5.97. The summed E-state index contributed by atoms with van der Waals surface area (Å²) in [7, 11) is 0. The molecule has 1 aliphatic rings. The van der Waals surface area contributed by atoms with Crippen LogP contribution in [0.4, 0.5) is 4.79 Å². The molecule has 3 N–H and O–H groups in total. The highest BCUT2D eigenvalue weighted by Crippen LogP contribution is 2.32. The van der Waals surface area contributed by atoms with E-state index in [0.29, 0.717) is 12.5 Å². The van der Waals surface area contributed by atoms with Gasteiger partial charge in [-0.1, -0.05) is 26.7 Å². The largest absolute Gasteiger partial charge is 0.481 e. The van der Waals surface area contributed by atoms with Crippen molar-refractivity contribution < 1.29 is 14.7 Å². The van der Waals surface area contributed by atoms with Gasteiger partial charge in [0, 0.05) is 6.54 Å². The van der Waals surface area contributed by atoms with Crippen LogP contribution in [-0.4, -0.2) is 29.2 Å². The molecule has 0 heterocycles. The first-order chi connectivity index (χ1) is 8.93. The molecule has 1 rings (SSSR count). The zero-order valence-corrected chi connectivity index (χ0v) is 12.0. The van der Waals surface area contributed by atoms with Gasteiger partial charge in [0.2, 0.25) is 0 Å². The fourth-order valence-corrected chi connectivity index (χ4v) is 2.68. The normalized spacial score (nSPS) is 17.4. The van der Waals surface area contributed by atoms with E-state index in [9.17, 15) is 9.59 Å². The van der Waals surface area contributed by atoms with E-state index in [2.05, 4.69) is 24.5 Å².